The van der Waals surface area contributed by atoms with Crippen LogP contribution in [-0.4, -0.2) is 42.1 Å². The van der Waals surface area contributed by atoms with Crippen molar-refractivity contribution in [3.63, 3.8) is 0 Å². The molecule has 0 aromatic heterocycles. The lowest BCUT2D eigenvalue weighted by Gasteiger charge is -2.38. The number of carboxylic acid groups (broad SMARTS) is 1. The Balaban J connectivity index is 1.75. The first-order valence-corrected chi connectivity index (χ1v) is 8.43. The molecule has 1 heterocycles. The van der Waals surface area contributed by atoms with E-state index in [1.807, 2.05) is 0 Å². The summed E-state index contributed by atoms with van der Waals surface area (Å²) in [6.07, 6.45) is 1.63. The molecule has 2 fully saturated rings. The highest BCUT2D eigenvalue weighted by Gasteiger charge is 2.47. The molecule has 1 atom stereocenters. The molecule has 1 aliphatic heterocycles. The summed E-state index contributed by atoms with van der Waals surface area (Å²) in [5.74, 6) is -1.77. The van der Waals surface area contributed by atoms with E-state index >= 15 is 0 Å². The number of halogens is 1. The highest BCUT2D eigenvalue weighted by molar-refractivity contribution is 6.31. The van der Waals surface area contributed by atoms with Crippen LogP contribution in [0.25, 0.3) is 0 Å². The van der Waals surface area contributed by atoms with Crippen molar-refractivity contribution in [2.24, 2.45) is 5.92 Å². The summed E-state index contributed by atoms with van der Waals surface area (Å²) in [6, 6.07) is 4.93. The van der Waals surface area contributed by atoms with Crippen molar-refractivity contribution < 1.29 is 24.2 Å². The van der Waals surface area contributed by atoms with Crippen LogP contribution in [0.3, 0.4) is 0 Å². The number of hydrogen-bond acceptors (Lipinski definition) is 4. The van der Waals surface area contributed by atoms with Gasteiger partial charge >= 0.3 is 5.97 Å². The number of anilines is 1. The minimum Gasteiger partial charge on any atom is -0.495 e. The van der Waals surface area contributed by atoms with E-state index in [4.69, 9.17) is 16.3 Å². The summed E-state index contributed by atoms with van der Waals surface area (Å²) in [6.45, 7) is 0.164. The number of amides is 2. The molecule has 1 saturated carbocycles. The number of carboxylic acids is 1. The van der Waals surface area contributed by atoms with Gasteiger partial charge in [0.25, 0.3) is 0 Å². The van der Waals surface area contributed by atoms with Gasteiger partial charge in [-0.15, -0.1) is 0 Å². The normalized spacial score (nSPS) is 21.6. The van der Waals surface area contributed by atoms with Crippen molar-refractivity contribution in [3.8, 4) is 5.75 Å². The monoisotopic (exact) mass is 366 g/mol. The van der Waals surface area contributed by atoms with Gasteiger partial charge in [-0.1, -0.05) is 11.6 Å². The van der Waals surface area contributed by atoms with Crippen LogP contribution in [0.15, 0.2) is 18.2 Å². The number of hydrogen-bond donors (Lipinski definition) is 2. The quantitative estimate of drug-likeness (QED) is 0.828. The van der Waals surface area contributed by atoms with Gasteiger partial charge in [-0.05, 0) is 37.5 Å². The molecule has 1 aromatic carbocycles. The highest BCUT2D eigenvalue weighted by Crippen LogP contribution is 2.36. The zero-order valence-corrected chi connectivity index (χ0v) is 14.5. The molecule has 0 radical (unpaired) electrons. The van der Waals surface area contributed by atoms with Crippen LogP contribution in [-0.2, 0) is 14.4 Å². The van der Waals surface area contributed by atoms with Crippen LogP contribution in [0.2, 0.25) is 5.02 Å². The summed E-state index contributed by atoms with van der Waals surface area (Å²) < 4.78 is 5.26. The van der Waals surface area contributed by atoms with E-state index < -0.39 is 23.3 Å². The summed E-state index contributed by atoms with van der Waals surface area (Å²) in [7, 11) is 1.49. The first-order valence-electron chi connectivity index (χ1n) is 8.05. The SMILES string of the molecule is COc1ccc(Cl)cc1N1CC(C(=O)NC2(C(=O)O)CCC2)CC1=O. The van der Waals surface area contributed by atoms with Crippen LogP contribution >= 0.6 is 11.6 Å². The summed E-state index contributed by atoms with van der Waals surface area (Å²) in [4.78, 5) is 37.7. The highest BCUT2D eigenvalue weighted by atomic mass is 35.5. The average Bonchev–Trinajstić information content (AvgIpc) is 2.92. The molecule has 1 aromatic rings. The van der Waals surface area contributed by atoms with E-state index in [1.165, 1.54) is 12.0 Å². The van der Waals surface area contributed by atoms with E-state index in [0.717, 1.165) is 6.42 Å². The number of benzene rings is 1. The van der Waals surface area contributed by atoms with Crippen LogP contribution in [0.4, 0.5) is 5.69 Å². The lowest BCUT2D eigenvalue weighted by atomic mass is 9.76. The molecule has 1 unspecified atom stereocenters. The Morgan fingerprint density at radius 2 is 2.12 bits per heavy atom. The van der Waals surface area contributed by atoms with Crippen molar-refractivity contribution in [1.82, 2.24) is 5.32 Å². The van der Waals surface area contributed by atoms with Crippen molar-refractivity contribution >= 4 is 35.1 Å². The molecular formula is C17H19ClN2O5. The second-order valence-corrected chi connectivity index (χ2v) is 6.89. The fourth-order valence-corrected chi connectivity index (χ4v) is 3.42. The molecule has 7 nitrogen and oxygen atoms in total. The van der Waals surface area contributed by atoms with Crippen LogP contribution in [0.5, 0.6) is 5.75 Å². The largest absolute Gasteiger partial charge is 0.495 e. The number of carbonyl (C=O) groups is 3. The van der Waals surface area contributed by atoms with Gasteiger partial charge in [0.2, 0.25) is 11.8 Å². The summed E-state index contributed by atoms with van der Waals surface area (Å²) in [5, 5.41) is 12.4. The van der Waals surface area contributed by atoms with Gasteiger partial charge in [-0.2, -0.15) is 0 Å². The minimum atomic E-state index is -1.18. The Kier molecular flexibility index (Phi) is 4.60. The molecule has 25 heavy (non-hydrogen) atoms. The lowest BCUT2D eigenvalue weighted by Crippen LogP contribution is -2.60. The van der Waals surface area contributed by atoms with Gasteiger partial charge in [-0.25, -0.2) is 4.79 Å². The molecule has 8 heteroatoms. The second kappa shape index (κ2) is 6.55. The molecule has 1 saturated heterocycles. The maximum Gasteiger partial charge on any atom is 0.329 e. The predicted octanol–water partition coefficient (Wildman–Crippen LogP) is 1.82. The Morgan fingerprint density at radius 1 is 1.40 bits per heavy atom. The van der Waals surface area contributed by atoms with Gasteiger partial charge < -0.3 is 20.1 Å². The third-order valence-electron chi connectivity index (χ3n) is 4.91. The van der Waals surface area contributed by atoms with Crippen LogP contribution in [0, 0.1) is 5.92 Å². The molecule has 0 bridgehead atoms. The smallest absolute Gasteiger partial charge is 0.329 e. The number of ether oxygens (including phenoxy) is 1. The van der Waals surface area contributed by atoms with Gasteiger partial charge in [0.05, 0.1) is 18.7 Å². The van der Waals surface area contributed by atoms with E-state index in [1.54, 1.807) is 18.2 Å². The molecule has 2 aliphatic rings. The molecule has 3 rings (SSSR count). The Labute approximate surface area is 149 Å². The molecule has 2 amide bonds. The molecular weight excluding hydrogens is 348 g/mol. The lowest BCUT2D eigenvalue weighted by molar-refractivity contribution is -0.152. The summed E-state index contributed by atoms with van der Waals surface area (Å²) >= 11 is 6.01. The van der Waals surface area contributed by atoms with E-state index in [9.17, 15) is 19.5 Å². The number of nitrogens with zero attached hydrogens (tertiary/aromatic N) is 1. The second-order valence-electron chi connectivity index (χ2n) is 6.45. The third-order valence-corrected chi connectivity index (χ3v) is 5.14. The van der Waals surface area contributed by atoms with Crippen LogP contribution < -0.4 is 15.0 Å². The van der Waals surface area contributed by atoms with Gasteiger partial charge in [0.1, 0.15) is 11.3 Å². The van der Waals surface area contributed by atoms with Crippen molar-refractivity contribution in [3.05, 3.63) is 23.2 Å². The molecule has 0 spiro atoms. The Morgan fingerprint density at radius 3 is 2.68 bits per heavy atom. The third kappa shape index (κ3) is 3.16. The van der Waals surface area contributed by atoms with Gasteiger partial charge in [-0.3, -0.25) is 9.59 Å². The Bertz CT molecular complexity index is 732. The number of methoxy groups -OCH3 is 1. The minimum absolute atomic E-state index is 0.0250. The average molecular weight is 367 g/mol. The zero-order chi connectivity index (χ0) is 18.2. The van der Waals surface area contributed by atoms with E-state index in [0.29, 0.717) is 29.3 Å². The number of carbonyl (C=O) groups excluding carboxylic acids is 2. The maximum atomic E-state index is 12.5. The predicted molar refractivity (Wildman–Crippen MR) is 90.8 cm³/mol. The standard InChI is InChI=1S/C17H19ClN2O5/c1-25-13-4-3-11(18)8-12(13)20-9-10(7-14(20)21)15(22)19-17(16(23)24)5-2-6-17/h3-4,8,10H,2,5-7,9H2,1H3,(H,19,22)(H,23,24). The fraction of sp³-hybridized carbons (Fsp3) is 0.471. The molecule has 2 N–H and O–H groups in total. The van der Waals surface area contributed by atoms with Crippen molar-refractivity contribution in [2.75, 3.05) is 18.6 Å². The molecule has 134 valence electrons. The number of nitrogens with one attached hydrogen (secondary N) is 1. The van der Waals surface area contributed by atoms with E-state index in [-0.39, 0.29) is 18.9 Å². The number of rotatable bonds is 5. The Hall–Kier alpha value is -2.28. The first-order chi connectivity index (χ1) is 11.9. The van der Waals surface area contributed by atoms with E-state index in [2.05, 4.69) is 5.32 Å². The van der Waals surface area contributed by atoms with Gasteiger partial charge in [0.15, 0.2) is 0 Å². The van der Waals surface area contributed by atoms with Crippen molar-refractivity contribution in [2.45, 2.75) is 31.2 Å². The topological polar surface area (TPSA) is 95.9 Å². The zero-order valence-electron chi connectivity index (χ0n) is 13.8. The first kappa shape index (κ1) is 17.5. The number of aliphatic carboxylic acids is 1. The maximum absolute atomic E-state index is 12.5. The fourth-order valence-electron chi connectivity index (χ4n) is 3.25. The summed E-state index contributed by atoms with van der Waals surface area (Å²) in [5.41, 5.74) is -0.673. The molecule has 1 aliphatic carbocycles. The van der Waals surface area contributed by atoms with Crippen LogP contribution in [0.1, 0.15) is 25.7 Å². The van der Waals surface area contributed by atoms with Gasteiger partial charge in [0, 0.05) is 18.0 Å². The van der Waals surface area contributed by atoms with Crippen molar-refractivity contribution in [1.29, 1.82) is 0 Å².